The maximum atomic E-state index is 14.1. The van der Waals surface area contributed by atoms with Crippen molar-refractivity contribution in [2.75, 3.05) is 13.1 Å². The van der Waals surface area contributed by atoms with E-state index in [0.717, 1.165) is 31.2 Å². The summed E-state index contributed by atoms with van der Waals surface area (Å²) in [6, 6.07) is 5.41. The molecule has 4 unspecified atom stereocenters. The molecule has 1 saturated heterocycles. The molecule has 1 heterocycles. The highest BCUT2D eigenvalue weighted by Crippen LogP contribution is 2.34. The SMILES string of the molecule is CCC(C)[C@@H]1CC(C(=O)NC(CC2CCC2)C(=O)C(N)=O)N(C(=O)C(NC(=O)NCC(=O)OCc2ccccc2)C(C)(C)C)C1. The lowest BCUT2D eigenvalue weighted by Crippen LogP contribution is -2.60. The standard InChI is InChI=1S/C33H49N5O7/c1-6-20(2)23-16-25(30(42)36-24(27(40)29(34)41)15-21-13-10-14-21)38(18-23)31(43)28(33(3,4)5)37-32(44)35-17-26(39)45-19-22-11-8-7-9-12-22/h7-9,11-12,20-21,23-25,28H,6,10,13-19H2,1-5H3,(H2,34,41)(H,36,42)(H2,35,37,44)/t20?,23-,24?,25?,28?/m1/s1. The molecule has 0 bridgehead atoms. The lowest BCUT2D eigenvalue weighted by Gasteiger charge is -2.36. The number of likely N-dealkylation sites (tertiary alicyclic amines) is 1. The monoisotopic (exact) mass is 627 g/mol. The average molecular weight is 628 g/mol. The summed E-state index contributed by atoms with van der Waals surface area (Å²) in [5.74, 6) is -3.12. The molecule has 5 amide bonds. The van der Waals surface area contributed by atoms with Gasteiger partial charge in [-0.2, -0.15) is 0 Å². The van der Waals surface area contributed by atoms with E-state index in [-0.39, 0.29) is 24.4 Å². The van der Waals surface area contributed by atoms with Gasteiger partial charge >= 0.3 is 12.0 Å². The minimum absolute atomic E-state index is 0.0143. The largest absolute Gasteiger partial charge is 0.460 e. The molecule has 12 heteroatoms. The van der Waals surface area contributed by atoms with Crippen LogP contribution in [-0.4, -0.2) is 71.6 Å². The van der Waals surface area contributed by atoms with Gasteiger partial charge in [-0.3, -0.25) is 24.0 Å². The summed E-state index contributed by atoms with van der Waals surface area (Å²) in [6.45, 7) is 9.45. The van der Waals surface area contributed by atoms with Crippen LogP contribution in [0.3, 0.4) is 0 Å². The van der Waals surface area contributed by atoms with Gasteiger partial charge in [0.15, 0.2) is 0 Å². The molecule has 1 aliphatic heterocycles. The topological polar surface area (TPSA) is 177 Å². The molecule has 0 aromatic heterocycles. The van der Waals surface area contributed by atoms with E-state index in [2.05, 4.69) is 22.9 Å². The summed E-state index contributed by atoms with van der Waals surface area (Å²) < 4.78 is 5.21. The van der Waals surface area contributed by atoms with Crippen molar-refractivity contribution in [2.45, 2.75) is 97.9 Å². The maximum Gasteiger partial charge on any atom is 0.325 e. The Kier molecular flexibility index (Phi) is 12.5. The van der Waals surface area contributed by atoms with Gasteiger partial charge in [-0.1, -0.05) is 90.6 Å². The van der Waals surface area contributed by atoms with Crippen LogP contribution in [0, 0.1) is 23.2 Å². The van der Waals surface area contributed by atoms with E-state index >= 15 is 0 Å². The lowest BCUT2D eigenvalue weighted by atomic mass is 9.80. The molecule has 12 nitrogen and oxygen atoms in total. The Morgan fingerprint density at radius 2 is 1.71 bits per heavy atom. The zero-order chi connectivity index (χ0) is 33.3. The van der Waals surface area contributed by atoms with Crippen molar-refractivity contribution in [3.8, 4) is 0 Å². The molecule has 2 fully saturated rings. The highest BCUT2D eigenvalue weighted by Gasteiger charge is 2.46. The summed E-state index contributed by atoms with van der Waals surface area (Å²) in [5.41, 5.74) is 5.35. The van der Waals surface area contributed by atoms with Crippen LogP contribution in [0.4, 0.5) is 4.79 Å². The van der Waals surface area contributed by atoms with Gasteiger partial charge in [-0.15, -0.1) is 0 Å². The van der Waals surface area contributed by atoms with Gasteiger partial charge in [0.2, 0.25) is 17.6 Å². The van der Waals surface area contributed by atoms with Crippen molar-refractivity contribution in [1.82, 2.24) is 20.9 Å². The van der Waals surface area contributed by atoms with E-state index in [1.807, 2.05) is 37.3 Å². The number of nitrogens with zero attached hydrogens (tertiary/aromatic N) is 1. The quantitative estimate of drug-likeness (QED) is 0.181. The van der Waals surface area contributed by atoms with Crippen LogP contribution in [0.25, 0.3) is 0 Å². The second-order valence-electron chi connectivity index (χ2n) is 13.5. The molecule has 2 aliphatic rings. The number of nitrogens with one attached hydrogen (secondary N) is 3. The highest BCUT2D eigenvalue weighted by molar-refractivity contribution is 6.37. The highest BCUT2D eigenvalue weighted by atomic mass is 16.5. The lowest BCUT2D eigenvalue weighted by molar-refractivity contribution is -0.143. The van der Waals surface area contributed by atoms with Crippen molar-refractivity contribution >= 4 is 35.5 Å². The summed E-state index contributed by atoms with van der Waals surface area (Å²) in [5, 5.41) is 7.90. The number of ketones is 1. The van der Waals surface area contributed by atoms with Crippen LogP contribution >= 0.6 is 0 Å². The fourth-order valence-electron chi connectivity index (χ4n) is 5.78. The Hall–Kier alpha value is -3.96. The molecule has 248 valence electrons. The fourth-order valence-corrected chi connectivity index (χ4v) is 5.78. The third-order valence-corrected chi connectivity index (χ3v) is 9.06. The third-order valence-electron chi connectivity index (χ3n) is 9.06. The Labute approximate surface area is 265 Å². The van der Waals surface area contributed by atoms with Crippen molar-refractivity contribution in [3.05, 3.63) is 35.9 Å². The van der Waals surface area contributed by atoms with E-state index in [0.29, 0.717) is 19.4 Å². The molecule has 5 atom stereocenters. The van der Waals surface area contributed by atoms with Crippen molar-refractivity contribution < 1.29 is 33.5 Å². The molecule has 1 aliphatic carbocycles. The number of nitrogens with two attached hydrogens (primary N) is 1. The zero-order valence-corrected chi connectivity index (χ0v) is 27.1. The predicted octanol–water partition coefficient (Wildman–Crippen LogP) is 2.44. The second kappa shape index (κ2) is 15.9. The molecule has 1 saturated carbocycles. The number of rotatable bonds is 14. The molecule has 5 N–H and O–H groups in total. The first-order valence-corrected chi connectivity index (χ1v) is 15.9. The molecule has 1 aromatic carbocycles. The number of hydrogen-bond acceptors (Lipinski definition) is 7. The Bertz CT molecular complexity index is 1230. The molecular weight excluding hydrogens is 578 g/mol. The van der Waals surface area contributed by atoms with Crippen molar-refractivity contribution in [1.29, 1.82) is 0 Å². The number of ether oxygens (including phenoxy) is 1. The number of Topliss-reactive ketones (excluding diaryl/α,β-unsaturated/α-hetero) is 1. The number of benzene rings is 1. The van der Waals surface area contributed by atoms with Crippen LogP contribution < -0.4 is 21.7 Å². The predicted molar refractivity (Wildman–Crippen MR) is 167 cm³/mol. The first-order chi connectivity index (χ1) is 21.2. The Balaban J connectivity index is 1.71. The average Bonchev–Trinajstić information content (AvgIpc) is 3.43. The van der Waals surface area contributed by atoms with Crippen LogP contribution in [0.15, 0.2) is 30.3 Å². The van der Waals surface area contributed by atoms with Crippen LogP contribution in [0.1, 0.15) is 78.7 Å². The van der Waals surface area contributed by atoms with Gasteiger partial charge in [0.25, 0.3) is 5.91 Å². The minimum atomic E-state index is -1.11. The number of urea groups is 1. The minimum Gasteiger partial charge on any atom is -0.460 e. The number of esters is 1. The van der Waals surface area contributed by atoms with Gasteiger partial charge in [0.1, 0.15) is 25.2 Å². The number of carbonyl (C=O) groups excluding carboxylic acids is 6. The third kappa shape index (κ3) is 10.0. The Morgan fingerprint density at radius 1 is 1.04 bits per heavy atom. The van der Waals surface area contributed by atoms with Gasteiger partial charge in [0.05, 0.1) is 6.04 Å². The van der Waals surface area contributed by atoms with Gasteiger partial charge < -0.3 is 31.3 Å². The first-order valence-electron chi connectivity index (χ1n) is 15.9. The number of hydrogen-bond donors (Lipinski definition) is 4. The molecule has 0 radical (unpaired) electrons. The molecule has 0 spiro atoms. The molecular formula is C33H49N5O7. The van der Waals surface area contributed by atoms with Gasteiger partial charge in [0, 0.05) is 6.54 Å². The Morgan fingerprint density at radius 3 is 2.27 bits per heavy atom. The molecule has 3 rings (SSSR count). The van der Waals surface area contributed by atoms with E-state index in [9.17, 15) is 28.8 Å². The van der Waals surface area contributed by atoms with Crippen LogP contribution in [0.5, 0.6) is 0 Å². The number of primary amides is 1. The van der Waals surface area contributed by atoms with E-state index in [1.54, 1.807) is 20.8 Å². The second-order valence-corrected chi connectivity index (χ2v) is 13.5. The fraction of sp³-hybridized carbons (Fsp3) is 0.636. The molecule has 1 aromatic rings. The summed E-state index contributed by atoms with van der Waals surface area (Å²) in [4.78, 5) is 78.8. The van der Waals surface area contributed by atoms with Crippen LogP contribution in [-0.2, 0) is 35.3 Å². The van der Waals surface area contributed by atoms with E-state index in [1.165, 1.54) is 4.90 Å². The zero-order valence-electron chi connectivity index (χ0n) is 27.1. The maximum absolute atomic E-state index is 14.1. The van der Waals surface area contributed by atoms with Crippen molar-refractivity contribution in [2.24, 2.45) is 28.9 Å². The number of carbonyl (C=O) groups is 6. The number of amides is 5. The van der Waals surface area contributed by atoms with Gasteiger partial charge in [-0.25, -0.2) is 4.79 Å². The normalized spacial score (nSPS) is 20.2. The van der Waals surface area contributed by atoms with E-state index in [4.69, 9.17) is 10.5 Å². The molecule has 45 heavy (non-hydrogen) atoms. The van der Waals surface area contributed by atoms with Gasteiger partial charge in [-0.05, 0) is 41.6 Å². The first kappa shape index (κ1) is 35.5. The van der Waals surface area contributed by atoms with E-state index < -0.39 is 65.6 Å². The van der Waals surface area contributed by atoms with Crippen LogP contribution in [0.2, 0.25) is 0 Å². The van der Waals surface area contributed by atoms with Crippen molar-refractivity contribution in [3.63, 3.8) is 0 Å². The summed E-state index contributed by atoms with van der Waals surface area (Å²) in [6.07, 6.45) is 4.39. The summed E-state index contributed by atoms with van der Waals surface area (Å²) in [7, 11) is 0. The smallest absolute Gasteiger partial charge is 0.325 e. The summed E-state index contributed by atoms with van der Waals surface area (Å²) >= 11 is 0.